The van der Waals surface area contributed by atoms with Gasteiger partial charge in [0.15, 0.2) is 0 Å². The molecular formula is C31H37Cl2N3O5S. The van der Waals surface area contributed by atoms with Crippen LogP contribution in [0.25, 0.3) is 0 Å². The first kappa shape index (κ1) is 33.2. The van der Waals surface area contributed by atoms with Crippen molar-refractivity contribution in [3.8, 4) is 5.75 Å². The molecule has 0 saturated heterocycles. The maximum absolute atomic E-state index is 14.2. The largest absolute Gasteiger partial charge is 0.492 e. The molecule has 3 aromatic rings. The number of amides is 2. The molecule has 1 atom stereocenters. The maximum Gasteiger partial charge on any atom is 0.244 e. The molecule has 0 spiro atoms. The van der Waals surface area contributed by atoms with Gasteiger partial charge in [-0.3, -0.25) is 13.9 Å². The van der Waals surface area contributed by atoms with Gasteiger partial charge in [0.05, 0.1) is 18.6 Å². The van der Waals surface area contributed by atoms with E-state index in [-0.39, 0.29) is 24.6 Å². The van der Waals surface area contributed by atoms with Gasteiger partial charge in [-0.1, -0.05) is 85.1 Å². The lowest BCUT2D eigenvalue weighted by molar-refractivity contribution is -0.140. The van der Waals surface area contributed by atoms with E-state index in [0.717, 1.165) is 29.0 Å². The Morgan fingerprint density at radius 3 is 2.19 bits per heavy atom. The Morgan fingerprint density at radius 2 is 1.57 bits per heavy atom. The van der Waals surface area contributed by atoms with Crippen molar-refractivity contribution in [2.75, 3.05) is 30.3 Å². The summed E-state index contributed by atoms with van der Waals surface area (Å²) in [6.45, 7) is 3.86. The first-order valence-electron chi connectivity index (χ1n) is 13.8. The molecule has 0 aliphatic heterocycles. The van der Waals surface area contributed by atoms with E-state index < -0.39 is 28.5 Å². The number of unbranched alkanes of at least 4 members (excludes halogenated alkanes) is 1. The van der Waals surface area contributed by atoms with Gasteiger partial charge in [-0.2, -0.15) is 0 Å². The first-order chi connectivity index (χ1) is 20.1. The molecule has 0 bridgehead atoms. The van der Waals surface area contributed by atoms with Crippen molar-refractivity contribution >= 4 is 50.7 Å². The van der Waals surface area contributed by atoms with Crippen LogP contribution in [0.1, 0.15) is 37.8 Å². The van der Waals surface area contributed by atoms with Crippen LogP contribution in [0, 0.1) is 0 Å². The van der Waals surface area contributed by atoms with E-state index in [0.29, 0.717) is 34.5 Å². The van der Waals surface area contributed by atoms with E-state index in [1.54, 1.807) is 49.4 Å². The number of nitrogens with one attached hydrogen (secondary N) is 1. The zero-order chi connectivity index (χ0) is 30.7. The smallest absolute Gasteiger partial charge is 0.244 e. The third-order valence-electron chi connectivity index (χ3n) is 6.60. The molecular weight excluding hydrogens is 597 g/mol. The Labute approximate surface area is 258 Å². The predicted molar refractivity (Wildman–Crippen MR) is 169 cm³/mol. The molecule has 1 unspecified atom stereocenters. The first-order valence-corrected chi connectivity index (χ1v) is 16.4. The van der Waals surface area contributed by atoms with Crippen LogP contribution in [0.2, 0.25) is 10.0 Å². The van der Waals surface area contributed by atoms with Gasteiger partial charge in [0.1, 0.15) is 18.3 Å². The minimum atomic E-state index is -3.95. The zero-order valence-corrected chi connectivity index (χ0v) is 26.4. The summed E-state index contributed by atoms with van der Waals surface area (Å²) >= 11 is 13.0. The van der Waals surface area contributed by atoms with Crippen LogP contribution in [0.3, 0.4) is 0 Å². The number of carbonyl (C=O) groups is 2. The molecule has 11 heteroatoms. The summed E-state index contributed by atoms with van der Waals surface area (Å²) in [6.07, 6.45) is 2.87. The lowest BCUT2D eigenvalue weighted by atomic mass is 10.0. The summed E-state index contributed by atoms with van der Waals surface area (Å²) in [4.78, 5) is 29.3. The van der Waals surface area contributed by atoms with E-state index in [1.165, 1.54) is 4.90 Å². The van der Waals surface area contributed by atoms with Crippen molar-refractivity contribution in [1.29, 1.82) is 0 Å². The van der Waals surface area contributed by atoms with E-state index in [4.69, 9.17) is 27.9 Å². The van der Waals surface area contributed by atoms with Gasteiger partial charge in [0, 0.05) is 35.1 Å². The Hall–Kier alpha value is -3.27. The highest BCUT2D eigenvalue weighted by molar-refractivity contribution is 7.92. The molecule has 3 rings (SSSR count). The molecule has 0 radical (unpaired) electrons. The number of anilines is 1. The summed E-state index contributed by atoms with van der Waals surface area (Å²) in [6, 6.07) is 19.9. The number of hydrogen-bond donors (Lipinski definition) is 1. The molecule has 0 aromatic heterocycles. The lowest BCUT2D eigenvalue weighted by Crippen LogP contribution is -2.53. The standard InChI is InChI=1S/C31H37Cl2N3O5S/c1-4-6-19-34-31(38)28(20-23-13-8-7-9-14-23)35(21-24-25(32)15-12-16-26(24)33)30(37)22-36(42(3,39)40)27-17-10-11-18-29(27)41-5-2/h7-18,28H,4-6,19-22H2,1-3H3,(H,34,38). The number of sulfonamides is 1. The van der Waals surface area contributed by atoms with Gasteiger partial charge in [0.25, 0.3) is 0 Å². The molecule has 0 aliphatic carbocycles. The topological polar surface area (TPSA) is 96.0 Å². The quantitative estimate of drug-likeness (QED) is 0.216. The third-order valence-corrected chi connectivity index (χ3v) is 8.44. The maximum atomic E-state index is 14.2. The van der Waals surface area contributed by atoms with Gasteiger partial charge < -0.3 is 15.0 Å². The Kier molecular flexibility index (Phi) is 12.5. The summed E-state index contributed by atoms with van der Waals surface area (Å²) in [5.74, 6) is -0.643. The number of benzene rings is 3. The van der Waals surface area contributed by atoms with Crippen LogP contribution in [0.4, 0.5) is 5.69 Å². The van der Waals surface area contributed by atoms with E-state index in [9.17, 15) is 18.0 Å². The molecule has 0 aliphatic rings. The molecule has 42 heavy (non-hydrogen) atoms. The second kappa shape index (κ2) is 15.8. The molecule has 1 N–H and O–H groups in total. The minimum Gasteiger partial charge on any atom is -0.492 e. The molecule has 0 fully saturated rings. The van der Waals surface area contributed by atoms with Gasteiger partial charge in [-0.05, 0) is 43.2 Å². The molecule has 3 aromatic carbocycles. The Morgan fingerprint density at radius 1 is 0.929 bits per heavy atom. The Bertz CT molecular complexity index is 1430. The average Bonchev–Trinajstić information content (AvgIpc) is 2.95. The van der Waals surface area contributed by atoms with Crippen molar-refractivity contribution in [3.63, 3.8) is 0 Å². The third kappa shape index (κ3) is 9.11. The van der Waals surface area contributed by atoms with Crippen LogP contribution in [-0.2, 0) is 32.6 Å². The zero-order valence-electron chi connectivity index (χ0n) is 24.1. The van der Waals surface area contributed by atoms with E-state index in [2.05, 4.69) is 5.32 Å². The number of ether oxygens (including phenoxy) is 1. The van der Waals surface area contributed by atoms with Crippen molar-refractivity contribution in [1.82, 2.24) is 10.2 Å². The second-order valence-electron chi connectivity index (χ2n) is 9.74. The average molecular weight is 635 g/mol. The molecule has 8 nitrogen and oxygen atoms in total. The fourth-order valence-corrected chi connectivity index (χ4v) is 5.82. The predicted octanol–water partition coefficient (Wildman–Crippen LogP) is 5.71. The highest BCUT2D eigenvalue weighted by Crippen LogP contribution is 2.31. The van der Waals surface area contributed by atoms with Gasteiger partial charge in [-0.15, -0.1) is 0 Å². The van der Waals surface area contributed by atoms with Crippen LogP contribution in [0.15, 0.2) is 72.8 Å². The molecule has 2 amide bonds. The second-order valence-corrected chi connectivity index (χ2v) is 12.5. The van der Waals surface area contributed by atoms with Crippen LogP contribution >= 0.6 is 23.2 Å². The molecule has 0 saturated carbocycles. The summed E-state index contributed by atoms with van der Waals surface area (Å²) in [5, 5.41) is 3.60. The SMILES string of the molecule is CCCCNC(=O)C(Cc1ccccc1)N(Cc1c(Cl)cccc1Cl)C(=O)CN(c1ccccc1OCC)S(C)(=O)=O. The number of rotatable bonds is 15. The monoisotopic (exact) mass is 633 g/mol. The number of carbonyl (C=O) groups excluding carboxylic acids is 2. The summed E-state index contributed by atoms with van der Waals surface area (Å²) in [5.41, 5.74) is 1.50. The fourth-order valence-electron chi connectivity index (χ4n) is 4.45. The number of halogens is 2. The van der Waals surface area contributed by atoms with Gasteiger partial charge >= 0.3 is 0 Å². The summed E-state index contributed by atoms with van der Waals surface area (Å²) < 4.78 is 32.8. The number of nitrogens with zero attached hydrogens (tertiary/aromatic N) is 2. The number of para-hydroxylation sites is 2. The van der Waals surface area contributed by atoms with E-state index >= 15 is 0 Å². The van der Waals surface area contributed by atoms with Crippen molar-refractivity contribution < 1.29 is 22.7 Å². The lowest BCUT2D eigenvalue weighted by Gasteiger charge is -2.34. The van der Waals surface area contributed by atoms with Crippen molar-refractivity contribution in [2.45, 2.75) is 45.7 Å². The summed E-state index contributed by atoms with van der Waals surface area (Å²) in [7, 11) is -3.95. The normalized spacial score (nSPS) is 11.9. The van der Waals surface area contributed by atoms with Crippen LogP contribution in [-0.4, -0.2) is 57.1 Å². The Balaban J connectivity index is 2.10. The van der Waals surface area contributed by atoms with Crippen molar-refractivity contribution in [3.05, 3.63) is 94.0 Å². The highest BCUT2D eigenvalue weighted by Gasteiger charge is 2.34. The highest BCUT2D eigenvalue weighted by atomic mass is 35.5. The van der Waals surface area contributed by atoms with Crippen LogP contribution in [0.5, 0.6) is 5.75 Å². The van der Waals surface area contributed by atoms with Crippen LogP contribution < -0.4 is 14.4 Å². The fraction of sp³-hybridized carbons (Fsp3) is 0.355. The number of hydrogen-bond acceptors (Lipinski definition) is 5. The molecule has 226 valence electrons. The minimum absolute atomic E-state index is 0.110. The molecule has 0 heterocycles. The van der Waals surface area contributed by atoms with Gasteiger partial charge in [-0.25, -0.2) is 8.42 Å². The van der Waals surface area contributed by atoms with Crippen molar-refractivity contribution in [2.24, 2.45) is 0 Å². The van der Waals surface area contributed by atoms with E-state index in [1.807, 2.05) is 37.3 Å². The van der Waals surface area contributed by atoms with Gasteiger partial charge in [0.2, 0.25) is 21.8 Å².